The van der Waals surface area contributed by atoms with Crippen LogP contribution < -0.4 is 24.7 Å². The summed E-state index contributed by atoms with van der Waals surface area (Å²) in [7, 11) is 4.66. The lowest BCUT2D eigenvalue weighted by Crippen LogP contribution is -2.21. The fourth-order valence-electron chi connectivity index (χ4n) is 3.82. The molecule has 8 nitrogen and oxygen atoms in total. The van der Waals surface area contributed by atoms with Gasteiger partial charge in [0.1, 0.15) is 11.6 Å². The Morgan fingerprint density at radius 3 is 2.28 bits per heavy atom. The normalized spacial score (nSPS) is 14.9. The first-order chi connectivity index (χ1) is 15.6. The molecule has 1 atom stereocenters. The molecule has 1 aliphatic heterocycles. The number of benzene rings is 2. The fourth-order valence-corrected chi connectivity index (χ4v) is 4.23. The molecule has 1 aromatic heterocycles. The van der Waals surface area contributed by atoms with Crippen LogP contribution in [0, 0.1) is 11.3 Å². The highest BCUT2D eigenvalue weighted by Gasteiger charge is 2.36. The van der Waals surface area contributed by atoms with Crippen molar-refractivity contribution in [1.29, 1.82) is 5.26 Å². The second-order valence-electron chi connectivity index (χ2n) is 6.93. The molecule has 32 heavy (non-hydrogen) atoms. The average molecular weight is 451 g/mol. The molecule has 2 heterocycles. The van der Waals surface area contributed by atoms with Crippen LogP contribution in [-0.4, -0.2) is 37.8 Å². The van der Waals surface area contributed by atoms with Crippen molar-refractivity contribution >= 4 is 11.8 Å². The van der Waals surface area contributed by atoms with Crippen LogP contribution in [0.3, 0.4) is 0 Å². The van der Waals surface area contributed by atoms with E-state index < -0.39 is 5.92 Å². The van der Waals surface area contributed by atoms with Gasteiger partial charge in [-0.25, -0.2) is 0 Å². The van der Waals surface area contributed by atoms with Gasteiger partial charge in [0.15, 0.2) is 11.5 Å². The average Bonchev–Trinajstić information content (AvgIpc) is 3.25. The molecule has 1 unspecified atom stereocenters. The number of H-pyrrole nitrogens is 1. The lowest BCUT2D eigenvalue weighted by molar-refractivity contribution is 0.324. The molecule has 164 valence electrons. The molecule has 2 aromatic carbocycles. The molecule has 3 aromatic rings. The fraction of sp³-hybridized carbons (Fsp3) is 0.217. The number of hydrogen-bond acceptors (Lipinski definition) is 8. The minimum atomic E-state index is -0.451. The Bertz CT molecular complexity index is 1200. The monoisotopic (exact) mass is 450 g/mol. The van der Waals surface area contributed by atoms with E-state index in [4.69, 9.17) is 24.7 Å². The van der Waals surface area contributed by atoms with Crippen LogP contribution in [0.5, 0.6) is 23.1 Å². The maximum Gasteiger partial charge on any atom is 0.244 e. The van der Waals surface area contributed by atoms with E-state index in [9.17, 15) is 5.26 Å². The molecule has 1 aliphatic rings. The summed E-state index contributed by atoms with van der Waals surface area (Å²) in [5, 5.41) is 17.3. The Labute approximate surface area is 189 Å². The summed E-state index contributed by atoms with van der Waals surface area (Å²) in [5.41, 5.74) is 9.43. The topological polar surface area (TPSA) is 115 Å². The lowest BCUT2D eigenvalue weighted by atomic mass is 9.83. The third-order valence-electron chi connectivity index (χ3n) is 5.34. The maximum absolute atomic E-state index is 9.89. The van der Waals surface area contributed by atoms with E-state index >= 15 is 0 Å². The molecule has 0 radical (unpaired) electrons. The molecule has 0 fully saturated rings. The molecule has 0 saturated carbocycles. The van der Waals surface area contributed by atoms with Gasteiger partial charge >= 0.3 is 0 Å². The SMILES string of the molecule is COc1cc(-c2[nH]nc3c2C(c2ccc(SC)cc2)C(C#N)=C(N)O3)cc(OC)c1OC. The van der Waals surface area contributed by atoms with Crippen LogP contribution in [0.2, 0.25) is 0 Å². The quantitative estimate of drug-likeness (QED) is 0.541. The van der Waals surface area contributed by atoms with Gasteiger partial charge in [-0.15, -0.1) is 16.9 Å². The summed E-state index contributed by atoms with van der Waals surface area (Å²) in [6.07, 6.45) is 2.01. The predicted molar refractivity (Wildman–Crippen MR) is 121 cm³/mol. The maximum atomic E-state index is 9.89. The Morgan fingerprint density at radius 2 is 1.75 bits per heavy atom. The van der Waals surface area contributed by atoms with E-state index in [1.807, 2.05) is 42.7 Å². The number of aromatic nitrogens is 2. The predicted octanol–water partition coefficient (Wildman–Crippen LogP) is 4.04. The summed E-state index contributed by atoms with van der Waals surface area (Å²) < 4.78 is 22.1. The Balaban J connectivity index is 1.93. The number of allylic oxidation sites excluding steroid dienone is 1. The molecular formula is C23H22N4O4S. The van der Waals surface area contributed by atoms with Crippen LogP contribution in [-0.2, 0) is 0 Å². The van der Waals surface area contributed by atoms with Crippen molar-refractivity contribution in [3.8, 4) is 40.5 Å². The van der Waals surface area contributed by atoms with Crippen LogP contribution in [0.1, 0.15) is 17.0 Å². The molecule has 3 N–H and O–H groups in total. The van der Waals surface area contributed by atoms with E-state index in [1.165, 1.54) is 0 Å². The lowest BCUT2D eigenvalue weighted by Gasteiger charge is -2.24. The van der Waals surface area contributed by atoms with Gasteiger partial charge in [-0.3, -0.25) is 5.10 Å². The highest BCUT2D eigenvalue weighted by atomic mass is 32.2. The second-order valence-corrected chi connectivity index (χ2v) is 7.81. The highest BCUT2D eigenvalue weighted by molar-refractivity contribution is 7.98. The van der Waals surface area contributed by atoms with Gasteiger partial charge in [-0.1, -0.05) is 12.1 Å². The van der Waals surface area contributed by atoms with E-state index in [0.717, 1.165) is 16.0 Å². The van der Waals surface area contributed by atoms with Crippen molar-refractivity contribution in [3.63, 3.8) is 0 Å². The second kappa shape index (κ2) is 8.77. The first-order valence-corrected chi connectivity index (χ1v) is 10.9. The number of nitriles is 1. The Kier molecular flexibility index (Phi) is 5.88. The van der Waals surface area contributed by atoms with E-state index in [-0.39, 0.29) is 5.88 Å². The summed E-state index contributed by atoms with van der Waals surface area (Å²) in [6.45, 7) is 0. The number of hydrogen-bond donors (Lipinski definition) is 2. The van der Waals surface area contributed by atoms with Crippen molar-refractivity contribution in [1.82, 2.24) is 10.2 Å². The Morgan fingerprint density at radius 1 is 1.09 bits per heavy atom. The van der Waals surface area contributed by atoms with E-state index in [1.54, 1.807) is 33.1 Å². The van der Waals surface area contributed by atoms with Gasteiger partial charge < -0.3 is 24.7 Å². The van der Waals surface area contributed by atoms with Crippen LogP contribution in [0.25, 0.3) is 11.3 Å². The van der Waals surface area contributed by atoms with Gasteiger partial charge in [0.05, 0.1) is 38.5 Å². The number of nitrogens with one attached hydrogen (secondary N) is 1. The number of thioether (sulfide) groups is 1. The van der Waals surface area contributed by atoms with Gasteiger partial charge in [-0.2, -0.15) is 5.26 Å². The first-order valence-electron chi connectivity index (χ1n) is 9.66. The number of rotatable bonds is 6. The summed E-state index contributed by atoms with van der Waals surface area (Å²) >= 11 is 1.65. The van der Waals surface area contributed by atoms with E-state index in [0.29, 0.717) is 40.0 Å². The number of methoxy groups -OCH3 is 3. The molecule has 4 rings (SSSR count). The highest BCUT2D eigenvalue weighted by Crippen LogP contribution is 2.48. The zero-order valence-electron chi connectivity index (χ0n) is 18.1. The number of aromatic amines is 1. The molecule has 0 aliphatic carbocycles. The molecule has 0 saturated heterocycles. The zero-order chi connectivity index (χ0) is 22.8. The number of ether oxygens (including phenoxy) is 4. The minimum Gasteiger partial charge on any atom is -0.493 e. The van der Waals surface area contributed by atoms with E-state index in [2.05, 4.69) is 16.3 Å². The van der Waals surface area contributed by atoms with Crippen LogP contribution in [0.4, 0.5) is 0 Å². The standard InChI is InChI=1S/C23H22N4O4S/c1-28-16-9-13(10-17(29-2)21(16)30-3)20-19-18(12-5-7-14(32-4)8-6-12)15(11-24)22(25)31-23(19)27-26-20/h5-10,18H,25H2,1-4H3,(H,26,27). The molecule has 0 bridgehead atoms. The van der Waals surface area contributed by atoms with Gasteiger partial charge in [0.2, 0.25) is 17.5 Å². The van der Waals surface area contributed by atoms with Crippen LogP contribution in [0.15, 0.2) is 52.7 Å². The summed E-state index contributed by atoms with van der Waals surface area (Å²) in [5.74, 6) is 1.39. The number of nitrogens with two attached hydrogens (primary N) is 1. The van der Waals surface area contributed by atoms with Crippen molar-refractivity contribution in [2.45, 2.75) is 10.8 Å². The van der Waals surface area contributed by atoms with Crippen molar-refractivity contribution < 1.29 is 18.9 Å². The third-order valence-corrected chi connectivity index (χ3v) is 6.08. The molecule has 0 amide bonds. The van der Waals surface area contributed by atoms with Crippen LogP contribution >= 0.6 is 11.8 Å². The smallest absolute Gasteiger partial charge is 0.244 e. The van der Waals surface area contributed by atoms with Crippen molar-refractivity contribution in [2.24, 2.45) is 5.73 Å². The van der Waals surface area contributed by atoms with Crippen molar-refractivity contribution in [3.05, 3.63) is 59.0 Å². The van der Waals surface area contributed by atoms with Gasteiger partial charge in [-0.05, 0) is 36.1 Å². The van der Waals surface area contributed by atoms with Crippen molar-refractivity contribution in [2.75, 3.05) is 27.6 Å². The molecular weight excluding hydrogens is 428 g/mol. The number of fused-ring (bicyclic) bond motifs is 1. The third kappa shape index (κ3) is 3.48. The Hall–Kier alpha value is -3.77. The zero-order valence-corrected chi connectivity index (χ0v) is 18.9. The number of nitrogens with zero attached hydrogens (tertiary/aromatic N) is 2. The summed E-state index contributed by atoms with van der Waals surface area (Å²) in [4.78, 5) is 1.12. The first kappa shape index (κ1) is 21.5. The summed E-state index contributed by atoms with van der Waals surface area (Å²) in [6, 6.07) is 13.9. The largest absolute Gasteiger partial charge is 0.493 e. The molecule has 0 spiro atoms. The minimum absolute atomic E-state index is 0.0434. The van der Waals surface area contributed by atoms with Gasteiger partial charge in [0.25, 0.3) is 0 Å². The van der Waals surface area contributed by atoms with Gasteiger partial charge in [0, 0.05) is 10.5 Å². The molecule has 9 heteroatoms.